The van der Waals surface area contributed by atoms with Crippen LogP contribution in [0.4, 0.5) is 5.69 Å². The van der Waals surface area contributed by atoms with E-state index < -0.39 is 0 Å². The summed E-state index contributed by atoms with van der Waals surface area (Å²) in [6.07, 6.45) is 1.81. The van der Waals surface area contributed by atoms with E-state index in [1.165, 1.54) is 0 Å². The third-order valence-corrected chi connectivity index (χ3v) is 3.11. The van der Waals surface area contributed by atoms with Crippen LogP contribution >= 0.6 is 0 Å². The maximum atomic E-state index is 12.0. The van der Waals surface area contributed by atoms with Crippen molar-refractivity contribution in [2.45, 2.75) is 46.1 Å². The van der Waals surface area contributed by atoms with E-state index in [0.717, 1.165) is 12.8 Å². The predicted molar refractivity (Wildman–Crippen MR) is 88.0 cm³/mol. The molecule has 0 radical (unpaired) electrons. The maximum Gasteiger partial charge on any atom is 0.233 e. The minimum Gasteiger partial charge on any atom is -0.489 e. The van der Waals surface area contributed by atoms with Gasteiger partial charge in [0, 0.05) is 13.6 Å². The van der Waals surface area contributed by atoms with Crippen LogP contribution in [0.2, 0.25) is 0 Å². The molecule has 0 aromatic heterocycles. The zero-order valence-electron chi connectivity index (χ0n) is 13.9. The van der Waals surface area contributed by atoms with Crippen molar-refractivity contribution < 1.29 is 14.3 Å². The molecular formula is C17H26N2O3. The molecule has 5 nitrogen and oxygen atoms in total. The van der Waals surface area contributed by atoms with Crippen molar-refractivity contribution >= 4 is 17.5 Å². The summed E-state index contributed by atoms with van der Waals surface area (Å²) in [7, 11) is 1.72. The fourth-order valence-electron chi connectivity index (χ4n) is 1.91. The lowest BCUT2D eigenvalue weighted by molar-refractivity contribution is -0.133. The number of rotatable bonds is 8. The molecule has 0 fully saturated rings. The minimum absolute atomic E-state index is 0.0138. The van der Waals surface area contributed by atoms with Gasteiger partial charge in [-0.1, -0.05) is 25.5 Å². The average Bonchev–Trinajstić information content (AvgIpc) is 2.46. The van der Waals surface area contributed by atoms with Crippen molar-refractivity contribution in [2.24, 2.45) is 0 Å². The largest absolute Gasteiger partial charge is 0.489 e. The first-order valence-electron chi connectivity index (χ1n) is 7.73. The lowest BCUT2D eigenvalue weighted by Gasteiger charge is -2.17. The van der Waals surface area contributed by atoms with Gasteiger partial charge in [0.15, 0.2) is 0 Å². The molecule has 0 spiro atoms. The number of benzene rings is 1. The first-order chi connectivity index (χ1) is 10.4. The molecule has 5 heteroatoms. The Balaban J connectivity index is 2.60. The fourth-order valence-corrected chi connectivity index (χ4v) is 1.91. The summed E-state index contributed by atoms with van der Waals surface area (Å²) in [5.74, 6) is 0.110. The molecule has 0 heterocycles. The van der Waals surface area contributed by atoms with Crippen LogP contribution in [-0.4, -0.2) is 36.4 Å². The highest BCUT2D eigenvalue weighted by molar-refractivity contribution is 6.04. The minimum atomic E-state index is -0.326. The van der Waals surface area contributed by atoms with Gasteiger partial charge in [0.05, 0.1) is 11.8 Å². The monoisotopic (exact) mass is 306 g/mol. The summed E-state index contributed by atoms with van der Waals surface area (Å²) in [5, 5.41) is 2.75. The highest BCUT2D eigenvalue weighted by Crippen LogP contribution is 2.24. The molecule has 0 saturated heterocycles. The average molecular weight is 306 g/mol. The zero-order valence-corrected chi connectivity index (χ0v) is 13.9. The van der Waals surface area contributed by atoms with Gasteiger partial charge in [0.2, 0.25) is 11.8 Å². The molecule has 0 bridgehead atoms. The van der Waals surface area contributed by atoms with Gasteiger partial charge in [-0.15, -0.1) is 0 Å². The Bertz CT molecular complexity index is 500. The number of carbonyl (C=O) groups excluding carboxylic acids is 2. The lowest BCUT2D eigenvalue weighted by Crippen LogP contribution is -2.31. The number of para-hydroxylation sites is 2. The quantitative estimate of drug-likeness (QED) is 0.751. The van der Waals surface area contributed by atoms with E-state index in [1.54, 1.807) is 24.1 Å². The van der Waals surface area contributed by atoms with E-state index in [-0.39, 0.29) is 24.3 Å². The van der Waals surface area contributed by atoms with Crippen LogP contribution in [0, 0.1) is 0 Å². The number of carbonyl (C=O) groups is 2. The third kappa shape index (κ3) is 6.16. The number of ether oxygens (including phenoxy) is 1. The van der Waals surface area contributed by atoms with Gasteiger partial charge < -0.3 is 15.0 Å². The number of unbranched alkanes of at least 4 members (excludes halogenated alkanes) is 1. The smallest absolute Gasteiger partial charge is 0.233 e. The van der Waals surface area contributed by atoms with E-state index in [4.69, 9.17) is 4.74 Å². The molecule has 0 unspecified atom stereocenters. The Morgan fingerprint density at radius 2 is 1.95 bits per heavy atom. The number of amides is 2. The second kappa shape index (κ2) is 9.07. The van der Waals surface area contributed by atoms with Crippen molar-refractivity contribution in [3.63, 3.8) is 0 Å². The van der Waals surface area contributed by atoms with Crippen molar-refractivity contribution in [1.29, 1.82) is 0 Å². The molecule has 122 valence electrons. The summed E-state index contributed by atoms with van der Waals surface area (Å²) >= 11 is 0. The fraction of sp³-hybridized carbons (Fsp3) is 0.529. The zero-order chi connectivity index (χ0) is 16.5. The van der Waals surface area contributed by atoms with Crippen molar-refractivity contribution in [3.8, 4) is 5.75 Å². The van der Waals surface area contributed by atoms with E-state index in [1.807, 2.05) is 26.0 Å². The summed E-state index contributed by atoms with van der Waals surface area (Å²) in [4.78, 5) is 25.6. The molecule has 0 aliphatic rings. The number of anilines is 1. The molecule has 0 aliphatic heterocycles. The first-order valence-corrected chi connectivity index (χ1v) is 7.73. The molecule has 0 saturated carbocycles. The van der Waals surface area contributed by atoms with E-state index in [9.17, 15) is 9.59 Å². The Morgan fingerprint density at radius 1 is 1.27 bits per heavy atom. The summed E-state index contributed by atoms with van der Waals surface area (Å²) in [6.45, 7) is 6.59. The molecule has 0 aliphatic carbocycles. The Morgan fingerprint density at radius 3 is 2.59 bits per heavy atom. The SMILES string of the molecule is CCCCN(C)C(=O)CC(=O)Nc1ccccc1OC(C)C. The summed E-state index contributed by atoms with van der Waals surface area (Å²) in [6, 6.07) is 7.22. The van der Waals surface area contributed by atoms with Crippen molar-refractivity contribution in [2.75, 3.05) is 18.9 Å². The number of hydrogen-bond donors (Lipinski definition) is 1. The Hall–Kier alpha value is -2.04. The van der Waals surface area contributed by atoms with Crippen LogP contribution in [0.3, 0.4) is 0 Å². The standard InChI is InChI=1S/C17H26N2O3/c1-5-6-11-19(4)17(21)12-16(20)18-14-9-7-8-10-15(14)22-13(2)3/h7-10,13H,5-6,11-12H2,1-4H3,(H,18,20). The van der Waals surface area contributed by atoms with Crippen LogP contribution in [0.5, 0.6) is 5.75 Å². The summed E-state index contributed by atoms with van der Waals surface area (Å²) in [5.41, 5.74) is 0.588. The van der Waals surface area contributed by atoms with Crippen LogP contribution in [0.25, 0.3) is 0 Å². The molecule has 1 aromatic rings. The Kier molecular flexibility index (Phi) is 7.43. The van der Waals surface area contributed by atoms with Crippen molar-refractivity contribution in [3.05, 3.63) is 24.3 Å². The molecule has 1 N–H and O–H groups in total. The maximum absolute atomic E-state index is 12.0. The van der Waals surface area contributed by atoms with Crippen LogP contribution in [-0.2, 0) is 9.59 Å². The second-order valence-corrected chi connectivity index (χ2v) is 5.56. The van der Waals surface area contributed by atoms with Gasteiger partial charge in [-0.25, -0.2) is 0 Å². The van der Waals surface area contributed by atoms with E-state index in [0.29, 0.717) is 18.0 Å². The number of hydrogen-bond acceptors (Lipinski definition) is 3. The molecule has 0 atom stereocenters. The number of nitrogens with zero attached hydrogens (tertiary/aromatic N) is 1. The van der Waals surface area contributed by atoms with Crippen LogP contribution in [0.1, 0.15) is 40.0 Å². The predicted octanol–water partition coefficient (Wildman–Crippen LogP) is 3.06. The molecule has 1 rings (SSSR count). The Labute approximate surface area is 132 Å². The molecule has 22 heavy (non-hydrogen) atoms. The molecular weight excluding hydrogens is 280 g/mol. The van der Waals surface area contributed by atoms with Gasteiger partial charge >= 0.3 is 0 Å². The van der Waals surface area contributed by atoms with Gasteiger partial charge in [-0.05, 0) is 32.4 Å². The van der Waals surface area contributed by atoms with Gasteiger partial charge in [0.25, 0.3) is 0 Å². The van der Waals surface area contributed by atoms with Crippen LogP contribution < -0.4 is 10.1 Å². The van der Waals surface area contributed by atoms with Gasteiger partial charge in [0.1, 0.15) is 12.2 Å². The van der Waals surface area contributed by atoms with Crippen LogP contribution in [0.15, 0.2) is 24.3 Å². The molecule has 2 amide bonds. The van der Waals surface area contributed by atoms with Crippen molar-refractivity contribution in [1.82, 2.24) is 4.90 Å². The topological polar surface area (TPSA) is 58.6 Å². The van der Waals surface area contributed by atoms with Gasteiger partial charge in [-0.2, -0.15) is 0 Å². The third-order valence-electron chi connectivity index (χ3n) is 3.11. The lowest BCUT2D eigenvalue weighted by atomic mass is 10.2. The first kappa shape index (κ1) is 18.0. The second-order valence-electron chi connectivity index (χ2n) is 5.56. The van der Waals surface area contributed by atoms with E-state index >= 15 is 0 Å². The van der Waals surface area contributed by atoms with E-state index in [2.05, 4.69) is 12.2 Å². The highest BCUT2D eigenvalue weighted by atomic mass is 16.5. The number of nitrogens with one attached hydrogen (secondary N) is 1. The normalized spacial score (nSPS) is 10.4. The molecule has 1 aromatic carbocycles. The highest BCUT2D eigenvalue weighted by Gasteiger charge is 2.15. The summed E-state index contributed by atoms with van der Waals surface area (Å²) < 4.78 is 5.64. The van der Waals surface area contributed by atoms with Gasteiger partial charge in [-0.3, -0.25) is 9.59 Å².